The van der Waals surface area contributed by atoms with Gasteiger partial charge in [-0.15, -0.1) is 0 Å². The van der Waals surface area contributed by atoms with Gasteiger partial charge in [0.15, 0.2) is 11.5 Å². The maximum atomic E-state index is 12.7. The lowest BCUT2D eigenvalue weighted by Crippen LogP contribution is -2.06. The standard InChI is InChI=1S/C11H6F3NO3/c12-11(13,14)7-4-2-1-3-6(7)9-5-8(10(16)17)15-18-9/h1-5H,(H,16,17). The molecule has 1 heterocycles. The van der Waals surface area contributed by atoms with E-state index in [0.717, 1.165) is 12.1 Å². The lowest BCUT2D eigenvalue weighted by Gasteiger charge is -2.09. The number of halogens is 3. The first kappa shape index (κ1) is 12.2. The van der Waals surface area contributed by atoms with E-state index in [2.05, 4.69) is 9.68 Å². The van der Waals surface area contributed by atoms with Crippen LogP contribution in [0, 0.1) is 0 Å². The van der Waals surface area contributed by atoms with Gasteiger partial charge in [0.2, 0.25) is 0 Å². The highest BCUT2D eigenvalue weighted by molar-refractivity contribution is 5.86. The highest BCUT2D eigenvalue weighted by Crippen LogP contribution is 2.36. The first-order valence-corrected chi connectivity index (χ1v) is 4.76. The lowest BCUT2D eigenvalue weighted by molar-refractivity contribution is -0.137. The second kappa shape index (κ2) is 4.17. The van der Waals surface area contributed by atoms with Crippen LogP contribution in [0.15, 0.2) is 34.9 Å². The zero-order valence-corrected chi connectivity index (χ0v) is 8.73. The zero-order valence-electron chi connectivity index (χ0n) is 8.73. The van der Waals surface area contributed by atoms with Gasteiger partial charge in [-0.05, 0) is 6.07 Å². The number of carboxylic acids is 1. The van der Waals surface area contributed by atoms with Crippen molar-refractivity contribution in [2.24, 2.45) is 0 Å². The number of alkyl halides is 3. The Labute approximate surface area is 98.6 Å². The number of rotatable bonds is 2. The van der Waals surface area contributed by atoms with Gasteiger partial charge in [0, 0.05) is 11.6 Å². The molecule has 0 atom stereocenters. The van der Waals surface area contributed by atoms with Crippen molar-refractivity contribution in [1.82, 2.24) is 5.16 Å². The number of nitrogens with zero attached hydrogens (tertiary/aromatic N) is 1. The van der Waals surface area contributed by atoms with E-state index in [9.17, 15) is 18.0 Å². The van der Waals surface area contributed by atoms with E-state index in [0.29, 0.717) is 0 Å². The van der Waals surface area contributed by atoms with E-state index in [1.54, 1.807) is 0 Å². The fourth-order valence-corrected chi connectivity index (χ4v) is 1.45. The van der Waals surface area contributed by atoms with E-state index in [-0.39, 0.29) is 11.3 Å². The Kier molecular flexibility index (Phi) is 2.82. The minimum atomic E-state index is -4.55. The van der Waals surface area contributed by atoms with Gasteiger partial charge in [0.1, 0.15) is 0 Å². The number of aromatic carboxylic acids is 1. The van der Waals surface area contributed by atoms with Crippen LogP contribution in [0.2, 0.25) is 0 Å². The lowest BCUT2D eigenvalue weighted by atomic mass is 10.0. The Morgan fingerprint density at radius 3 is 2.50 bits per heavy atom. The SMILES string of the molecule is O=C(O)c1cc(-c2ccccc2C(F)(F)F)on1. The molecule has 0 radical (unpaired) electrons. The molecule has 0 unspecified atom stereocenters. The van der Waals surface area contributed by atoms with E-state index in [1.165, 1.54) is 18.2 Å². The average Bonchev–Trinajstić information content (AvgIpc) is 2.77. The van der Waals surface area contributed by atoms with Gasteiger partial charge < -0.3 is 9.63 Å². The summed E-state index contributed by atoms with van der Waals surface area (Å²) in [6.45, 7) is 0. The summed E-state index contributed by atoms with van der Waals surface area (Å²) >= 11 is 0. The molecule has 4 nitrogen and oxygen atoms in total. The van der Waals surface area contributed by atoms with Gasteiger partial charge in [-0.25, -0.2) is 4.79 Å². The number of hydrogen-bond donors (Lipinski definition) is 1. The van der Waals surface area contributed by atoms with Crippen molar-refractivity contribution in [3.05, 3.63) is 41.6 Å². The molecule has 0 fully saturated rings. The number of benzene rings is 1. The van der Waals surface area contributed by atoms with Gasteiger partial charge >= 0.3 is 12.1 Å². The number of hydrogen-bond acceptors (Lipinski definition) is 3. The topological polar surface area (TPSA) is 63.3 Å². The number of aromatic nitrogens is 1. The van der Waals surface area contributed by atoms with Gasteiger partial charge in [0.05, 0.1) is 5.56 Å². The van der Waals surface area contributed by atoms with E-state index in [1.807, 2.05) is 0 Å². The number of carboxylic acid groups (broad SMARTS) is 1. The van der Waals surface area contributed by atoms with Gasteiger partial charge in [0.25, 0.3) is 0 Å². The maximum Gasteiger partial charge on any atom is 0.417 e. The van der Waals surface area contributed by atoms with Crippen molar-refractivity contribution in [2.45, 2.75) is 6.18 Å². The Bertz CT molecular complexity index is 589. The summed E-state index contributed by atoms with van der Waals surface area (Å²) in [5.74, 6) is -1.60. The van der Waals surface area contributed by atoms with Crippen molar-refractivity contribution in [3.63, 3.8) is 0 Å². The first-order valence-electron chi connectivity index (χ1n) is 4.76. The molecule has 94 valence electrons. The normalized spacial score (nSPS) is 11.5. The quantitative estimate of drug-likeness (QED) is 0.897. The molecular weight excluding hydrogens is 251 g/mol. The fourth-order valence-electron chi connectivity index (χ4n) is 1.45. The molecule has 7 heteroatoms. The molecule has 18 heavy (non-hydrogen) atoms. The Morgan fingerprint density at radius 1 is 1.28 bits per heavy atom. The highest BCUT2D eigenvalue weighted by atomic mass is 19.4. The zero-order chi connectivity index (χ0) is 13.3. The van der Waals surface area contributed by atoms with Crippen molar-refractivity contribution >= 4 is 5.97 Å². The van der Waals surface area contributed by atoms with Crippen molar-refractivity contribution in [2.75, 3.05) is 0 Å². The first-order chi connectivity index (χ1) is 8.39. The third-order valence-electron chi connectivity index (χ3n) is 2.23. The van der Waals surface area contributed by atoms with Gasteiger partial charge in [-0.1, -0.05) is 23.4 Å². The van der Waals surface area contributed by atoms with Crippen LogP contribution in [0.25, 0.3) is 11.3 Å². The maximum absolute atomic E-state index is 12.7. The Hall–Kier alpha value is -2.31. The smallest absolute Gasteiger partial charge is 0.417 e. The summed E-state index contributed by atoms with van der Waals surface area (Å²) in [7, 11) is 0. The summed E-state index contributed by atoms with van der Waals surface area (Å²) in [6, 6.07) is 5.66. The van der Waals surface area contributed by atoms with Crippen molar-refractivity contribution in [1.29, 1.82) is 0 Å². The van der Waals surface area contributed by atoms with Crippen LogP contribution in [-0.2, 0) is 6.18 Å². The summed E-state index contributed by atoms with van der Waals surface area (Å²) in [5, 5.41) is 11.8. The highest BCUT2D eigenvalue weighted by Gasteiger charge is 2.34. The summed E-state index contributed by atoms with van der Waals surface area (Å²) in [5.41, 5.74) is -1.59. The van der Waals surface area contributed by atoms with Crippen LogP contribution in [-0.4, -0.2) is 16.2 Å². The molecule has 0 aliphatic rings. The molecule has 0 aliphatic heterocycles. The molecule has 0 amide bonds. The third-order valence-corrected chi connectivity index (χ3v) is 2.23. The third kappa shape index (κ3) is 2.20. The van der Waals surface area contributed by atoms with Crippen LogP contribution in [0.3, 0.4) is 0 Å². The molecule has 0 saturated carbocycles. The summed E-state index contributed by atoms with van der Waals surface area (Å²) in [4.78, 5) is 10.6. The largest absolute Gasteiger partial charge is 0.476 e. The predicted molar refractivity (Wildman–Crippen MR) is 53.9 cm³/mol. The monoisotopic (exact) mass is 257 g/mol. The molecule has 0 aliphatic carbocycles. The van der Waals surface area contributed by atoms with Crippen LogP contribution in [0.5, 0.6) is 0 Å². The minimum absolute atomic E-state index is 0.236. The van der Waals surface area contributed by atoms with E-state index >= 15 is 0 Å². The Morgan fingerprint density at radius 2 is 1.94 bits per heavy atom. The van der Waals surface area contributed by atoms with E-state index < -0.39 is 23.4 Å². The molecule has 0 bridgehead atoms. The van der Waals surface area contributed by atoms with E-state index in [4.69, 9.17) is 5.11 Å². The molecule has 0 saturated heterocycles. The molecule has 0 spiro atoms. The molecule has 1 aromatic carbocycles. The number of carbonyl (C=O) groups is 1. The van der Waals surface area contributed by atoms with Crippen molar-refractivity contribution in [3.8, 4) is 11.3 Å². The van der Waals surface area contributed by atoms with Crippen LogP contribution in [0.4, 0.5) is 13.2 Å². The van der Waals surface area contributed by atoms with Crippen LogP contribution in [0.1, 0.15) is 16.1 Å². The summed E-state index contributed by atoms with van der Waals surface area (Å²) in [6.07, 6.45) is -4.55. The molecule has 1 aromatic heterocycles. The van der Waals surface area contributed by atoms with Crippen LogP contribution < -0.4 is 0 Å². The van der Waals surface area contributed by atoms with Gasteiger partial charge in [-0.2, -0.15) is 13.2 Å². The molecule has 2 aromatic rings. The fraction of sp³-hybridized carbons (Fsp3) is 0.0909. The van der Waals surface area contributed by atoms with Crippen molar-refractivity contribution < 1.29 is 27.6 Å². The second-order valence-electron chi connectivity index (χ2n) is 3.42. The molecular formula is C11H6F3NO3. The Balaban J connectivity index is 2.53. The second-order valence-corrected chi connectivity index (χ2v) is 3.42. The minimum Gasteiger partial charge on any atom is -0.476 e. The van der Waals surface area contributed by atoms with Crippen LogP contribution >= 0.6 is 0 Å². The molecule has 1 N–H and O–H groups in total. The predicted octanol–water partition coefficient (Wildman–Crippen LogP) is 3.06. The average molecular weight is 257 g/mol. The van der Waals surface area contributed by atoms with Gasteiger partial charge in [-0.3, -0.25) is 0 Å². The summed E-state index contributed by atoms with van der Waals surface area (Å²) < 4.78 is 42.8. The molecule has 2 rings (SSSR count).